The van der Waals surface area contributed by atoms with E-state index in [1.807, 2.05) is 19.1 Å². The smallest absolute Gasteiger partial charge is 0.273 e. The van der Waals surface area contributed by atoms with Gasteiger partial charge in [-0.25, -0.2) is 0 Å². The molecular formula is C38H58N4O6. The van der Waals surface area contributed by atoms with Crippen molar-refractivity contribution < 1.29 is 29.4 Å². The van der Waals surface area contributed by atoms with Gasteiger partial charge in [-0.1, -0.05) is 109 Å². The highest BCUT2D eigenvalue weighted by Gasteiger charge is 2.20. The minimum absolute atomic E-state index is 0.0421. The molecule has 2 rings (SSSR count). The maximum Gasteiger partial charge on any atom is 0.273 e. The van der Waals surface area contributed by atoms with Crippen molar-refractivity contribution >= 4 is 23.6 Å². The monoisotopic (exact) mass is 666 g/mol. The number of hydrazine groups is 2. The number of hydrogen-bond donors (Lipinski definition) is 6. The largest absolute Gasteiger partial charge is 0.507 e. The minimum atomic E-state index is -0.559. The van der Waals surface area contributed by atoms with Crippen LogP contribution in [0.1, 0.15) is 155 Å². The van der Waals surface area contributed by atoms with Gasteiger partial charge in [-0.2, -0.15) is 0 Å². The second-order valence-corrected chi connectivity index (χ2v) is 12.6. The number of aromatic hydroxyl groups is 2. The average molecular weight is 667 g/mol. The molecule has 266 valence electrons. The number of amides is 4. The molecule has 2 aromatic rings. The molecular weight excluding hydrogens is 608 g/mol. The highest BCUT2D eigenvalue weighted by Crippen LogP contribution is 2.26. The van der Waals surface area contributed by atoms with Gasteiger partial charge in [0.25, 0.3) is 11.8 Å². The number of benzene rings is 2. The van der Waals surface area contributed by atoms with E-state index in [0.29, 0.717) is 32.1 Å². The zero-order valence-corrected chi connectivity index (χ0v) is 29.3. The molecule has 2 aromatic carbocycles. The Balaban J connectivity index is 1.69. The lowest BCUT2D eigenvalue weighted by molar-refractivity contribution is -0.126. The van der Waals surface area contributed by atoms with Crippen LogP contribution in [0.25, 0.3) is 0 Å². The van der Waals surface area contributed by atoms with E-state index in [-0.39, 0.29) is 46.8 Å². The molecule has 1 unspecified atom stereocenters. The van der Waals surface area contributed by atoms with Crippen LogP contribution in [0.5, 0.6) is 11.5 Å². The van der Waals surface area contributed by atoms with E-state index in [9.17, 15) is 29.4 Å². The third-order valence-corrected chi connectivity index (χ3v) is 8.66. The van der Waals surface area contributed by atoms with Crippen molar-refractivity contribution in [1.29, 1.82) is 0 Å². The van der Waals surface area contributed by atoms with Crippen LogP contribution in [0.15, 0.2) is 36.4 Å². The second-order valence-electron chi connectivity index (χ2n) is 12.6. The molecule has 0 bridgehead atoms. The summed E-state index contributed by atoms with van der Waals surface area (Å²) in [6.45, 7) is 6.29. The number of phenolic OH excluding ortho intramolecular Hbond substituents is 2. The van der Waals surface area contributed by atoms with Crippen LogP contribution < -0.4 is 21.7 Å². The van der Waals surface area contributed by atoms with E-state index in [4.69, 9.17) is 0 Å². The van der Waals surface area contributed by atoms with Gasteiger partial charge in [0.1, 0.15) is 11.5 Å². The van der Waals surface area contributed by atoms with Crippen molar-refractivity contribution in [3.8, 4) is 11.5 Å². The number of carbonyl (C=O) groups excluding carboxylic acids is 4. The zero-order valence-electron chi connectivity index (χ0n) is 29.3. The predicted molar refractivity (Wildman–Crippen MR) is 189 cm³/mol. The number of carbonyl (C=O) groups is 4. The fourth-order valence-electron chi connectivity index (χ4n) is 5.77. The van der Waals surface area contributed by atoms with Crippen molar-refractivity contribution in [2.45, 2.75) is 136 Å². The van der Waals surface area contributed by atoms with Gasteiger partial charge in [0, 0.05) is 12.3 Å². The lowest BCUT2D eigenvalue weighted by atomic mass is 9.95. The van der Waals surface area contributed by atoms with E-state index in [2.05, 4.69) is 35.6 Å². The maximum absolute atomic E-state index is 12.9. The van der Waals surface area contributed by atoms with Crippen LogP contribution >= 0.6 is 0 Å². The third kappa shape index (κ3) is 14.4. The van der Waals surface area contributed by atoms with E-state index >= 15 is 0 Å². The molecule has 6 N–H and O–H groups in total. The van der Waals surface area contributed by atoms with Crippen molar-refractivity contribution in [3.05, 3.63) is 58.7 Å². The van der Waals surface area contributed by atoms with Gasteiger partial charge >= 0.3 is 0 Å². The van der Waals surface area contributed by atoms with E-state index in [1.165, 1.54) is 6.07 Å². The minimum Gasteiger partial charge on any atom is -0.507 e. The summed E-state index contributed by atoms with van der Waals surface area (Å²) in [6.07, 6.45) is 15.3. The Kier molecular flexibility index (Phi) is 19.4. The summed E-state index contributed by atoms with van der Waals surface area (Å²) in [4.78, 5) is 50.5. The molecule has 0 spiro atoms. The van der Waals surface area contributed by atoms with Gasteiger partial charge < -0.3 is 10.2 Å². The van der Waals surface area contributed by atoms with Gasteiger partial charge in [-0.15, -0.1) is 0 Å². The first-order valence-electron chi connectivity index (χ1n) is 18.0. The Hall–Kier alpha value is -4.08. The van der Waals surface area contributed by atoms with Crippen molar-refractivity contribution in [1.82, 2.24) is 21.7 Å². The topological polar surface area (TPSA) is 157 Å². The highest BCUT2D eigenvalue weighted by molar-refractivity contribution is 5.98. The quantitative estimate of drug-likeness (QED) is 0.0571. The number of rotatable bonds is 22. The van der Waals surface area contributed by atoms with Crippen LogP contribution in [0.2, 0.25) is 0 Å². The van der Waals surface area contributed by atoms with Crippen LogP contribution in [0.3, 0.4) is 0 Å². The zero-order chi connectivity index (χ0) is 35.1. The second kappa shape index (κ2) is 23.3. The molecule has 0 aliphatic heterocycles. The lowest BCUT2D eigenvalue weighted by Gasteiger charge is -2.17. The molecule has 4 amide bonds. The number of aryl methyl sites for hydroxylation is 2. The van der Waals surface area contributed by atoms with Crippen LogP contribution in [-0.2, 0) is 22.4 Å². The highest BCUT2D eigenvalue weighted by atomic mass is 16.3. The molecule has 0 saturated carbocycles. The van der Waals surface area contributed by atoms with Gasteiger partial charge in [-0.05, 0) is 68.2 Å². The van der Waals surface area contributed by atoms with Crippen LogP contribution in [0.4, 0.5) is 0 Å². The van der Waals surface area contributed by atoms with Gasteiger partial charge in [0.05, 0.1) is 11.1 Å². The first-order chi connectivity index (χ1) is 23.2. The fourth-order valence-corrected chi connectivity index (χ4v) is 5.77. The molecule has 0 aliphatic carbocycles. The number of unbranched alkanes of at least 4 members (excludes halogenated alkanes) is 9. The third-order valence-electron chi connectivity index (χ3n) is 8.66. The summed E-state index contributed by atoms with van der Waals surface area (Å²) >= 11 is 0. The molecule has 0 aromatic heterocycles. The molecule has 0 aliphatic rings. The molecule has 10 nitrogen and oxygen atoms in total. The molecule has 0 radical (unpaired) electrons. The van der Waals surface area contributed by atoms with Gasteiger partial charge in [0.15, 0.2) is 0 Å². The standard InChI is InChI=1S/C38H58N4O6/c1-4-7-9-13-20-28-23-17-25-31(34(28)44)37(47)41-39-33(43)27-16-12-11-15-22-30(19-6-3)36(46)40-42-38(48)32-26-18-24-29(35(32)45)21-14-10-8-5-2/h17-18,23-26,30,44-45H,4-16,19-22,27H2,1-3H3,(H,39,43)(H,40,46)(H,41,47)(H,42,48). The number of nitrogens with one attached hydrogen (secondary N) is 4. The van der Waals surface area contributed by atoms with Gasteiger partial charge in [0.2, 0.25) is 11.8 Å². The van der Waals surface area contributed by atoms with Crippen LogP contribution in [-0.4, -0.2) is 33.8 Å². The number of phenols is 2. The predicted octanol–water partition coefficient (Wildman–Crippen LogP) is 7.32. The number of para-hydroxylation sites is 2. The van der Waals surface area contributed by atoms with Gasteiger partial charge in [-0.3, -0.25) is 40.9 Å². The fraction of sp³-hybridized carbons (Fsp3) is 0.579. The average Bonchev–Trinajstić information content (AvgIpc) is 3.08. The number of hydrogen-bond acceptors (Lipinski definition) is 6. The molecule has 0 heterocycles. The molecule has 48 heavy (non-hydrogen) atoms. The van der Waals surface area contributed by atoms with E-state index in [1.54, 1.807) is 18.2 Å². The molecule has 0 saturated heterocycles. The lowest BCUT2D eigenvalue weighted by Crippen LogP contribution is -2.44. The summed E-state index contributed by atoms with van der Waals surface area (Å²) < 4.78 is 0. The molecule has 0 fully saturated rings. The van der Waals surface area contributed by atoms with Crippen molar-refractivity contribution in [2.75, 3.05) is 0 Å². The Morgan fingerprint density at radius 1 is 0.562 bits per heavy atom. The summed E-state index contributed by atoms with van der Waals surface area (Å²) in [7, 11) is 0. The SMILES string of the molecule is CCCCCCc1cccc(C(=O)NNC(=O)CCCCCCC(CCC)C(=O)NNC(=O)c2cccc(CCCCCC)c2O)c1O. The Labute approximate surface area is 286 Å². The summed E-state index contributed by atoms with van der Waals surface area (Å²) in [5.41, 5.74) is 11.6. The first kappa shape index (κ1) is 40.1. The summed E-state index contributed by atoms with van der Waals surface area (Å²) in [5, 5.41) is 21.2. The van der Waals surface area contributed by atoms with Crippen molar-refractivity contribution in [2.24, 2.45) is 5.92 Å². The van der Waals surface area contributed by atoms with Crippen molar-refractivity contribution in [3.63, 3.8) is 0 Å². The Bertz CT molecular complexity index is 1300. The maximum atomic E-state index is 12.9. The van der Waals surface area contributed by atoms with E-state index in [0.717, 1.165) is 88.2 Å². The Morgan fingerprint density at radius 3 is 1.58 bits per heavy atom. The normalized spacial score (nSPS) is 11.5. The first-order valence-corrected chi connectivity index (χ1v) is 18.0. The Morgan fingerprint density at radius 2 is 1.06 bits per heavy atom. The summed E-state index contributed by atoms with van der Waals surface area (Å²) in [6, 6.07) is 10.2. The molecule has 10 heteroatoms. The van der Waals surface area contributed by atoms with Crippen LogP contribution in [0, 0.1) is 5.92 Å². The summed E-state index contributed by atoms with van der Waals surface area (Å²) in [5.74, 6) is -2.04. The molecule has 1 atom stereocenters. The van der Waals surface area contributed by atoms with E-state index < -0.39 is 11.8 Å².